The molecule has 0 spiro atoms. The van der Waals surface area contributed by atoms with Crippen molar-refractivity contribution >= 4 is 17.6 Å². The standard InChI is InChI=1S/C18H16F3NO5/c1-25-17(23)12-5-3-4-8-22(16(12)18(24)26-2)13-9-11(19)6-7-14(13)27-10-15(20)21/h3-9,15H,10H2,1-2H3. The molecule has 27 heavy (non-hydrogen) atoms. The quantitative estimate of drug-likeness (QED) is 0.704. The van der Waals surface area contributed by atoms with Crippen molar-refractivity contribution in [3.63, 3.8) is 0 Å². The molecule has 9 heteroatoms. The third-order valence-corrected chi connectivity index (χ3v) is 3.43. The van der Waals surface area contributed by atoms with Crippen LogP contribution in [0.2, 0.25) is 0 Å². The maximum atomic E-state index is 13.8. The van der Waals surface area contributed by atoms with Gasteiger partial charge in [0.2, 0.25) is 0 Å². The third-order valence-electron chi connectivity index (χ3n) is 3.43. The Morgan fingerprint density at radius 2 is 1.81 bits per heavy atom. The van der Waals surface area contributed by atoms with Gasteiger partial charge in [-0.25, -0.2) is 22.8 Å². The monoisotopic (exact) mass is 383 g/mol. The Balaban J connectivity index is 2.65. The molecule has 6 nitrogen and oxygen atoms in total. The molecule has 0 aromatic heterocycles. The molecule has 0 atom stereocenters. The average molecular weight is 383 g/mol. The van der Waals surface area contributed by atoms with E-state index in [1.807, 2.05) is 0 Å². The second-order valence-electron chi connectivity index (χ2n) is 5.13. The molecule has 0 unspecified atom stereocenters. The van der Waals surface area contributed by atoms with Crippen LogP contribution in [-0.2, 0) is 19.1 Å². The van der Waals surface area contributed by atoms with Crippen LogP contribution in [0.4, 0.5) is 18.9 Å². The summed E-state index contributed by atoms with van der Waals surface area (Å²) < 4.78 is 53.3. The van der Waals surface area contributed by atoms with Crippen molar-refractivity contribution in [1.29, 1.82) is 0 Å². The van der Waals surface area contributed by atoms with Gasteiger partial charge in [-0.05, 0) is 24.3 Å². The zero-order chi connectivity index (χ0) is 20.0. The van der Waals surface area contributed by atoms with Crippen molar-refractivity contribution in [2.75, 3.05) is 25.7 Å². The van der Waals surface area contributed by atoms with E-state index in [4.69, 9.17) is 9.47 Å². The lowest BCUT2D eigenvalue weighted by atomic mass is 10.1. The summed E-state index contributed by atoms with van der Waals surface area (Å²) in [6.07, 6.45) is 2.80. The topological polar surface area (TPSA) is 65.1 Å². The number of esters is 2. The summed E-state index contributed by atoms with van der Waals surface area (Å²) >= 11 is 0. The molecule has 0 radical (unpaired) electrons. The lowest BCUT2D eigenvalue weighted by Gasteiger charge is -2.25. The number of hydrogen-bond acceptors (Lipinski definition) is 6. The van der Waals surface area contributed by atoms with Gasteiger partial charge >= 0.3 is 11.9 Å². The lowest BCUT2D eigenvalue weighted by molar-refractivity contribution is -0.139. The van der Waals surface area contributed by atoms with Crippen LogP contribution >= 0.6 is 0 Å². The van der Waals surface area contributed by atoms with Crippen molar-refractivity contribution in [3.05, 3.63) is 59.7 Å². The number of nitrogens with zero attached hydrogens (tertiary/aromatic N) is 1. The van der Waals surface area contributed by atoms with E-state index in [-0.39, 0.29) is 22.7 Å². The molecular weight excluding hydrogens is 367 g/mol. The summed E-state index contributed by atoms with van der Waals surface area (Å²) in [5.74, 6) is -2.58. The molecule has 0 amide bonds. The zero-order valence-corrected chi connectivity index (χ0v) is 14.4. The average Bonchev–Trinajstić information content (AvgIpc) is 2.88. The van der Waals surface area contributed by atoms with E-state index in [2.05, 4.69) is 4.74 Å². The summed E-state index contributed by atoms with van der Waals surface area (Å²) in [6.45, 7) is -0.935. The third kappa shape index (κ3) is 4.69. The molecule has 1 aromatic rings. The highest BCUT2D eigenvalue weighted by Crippen LogP contribution is 2.35. The predicted octanol–water partition coefficient (Wildman–Crippen LogP) is 2.96. The van der Waals surface area contributed by atoms with E-state index >= 15 is 0 Å². The van der Waals surface area contributed by atoms with Crippen molar-refractivity contribution in [1.82, 2.24) is 0 Å². The molecule has 1 heterocycles. The number of anilines is 1. The van der Waals surface area contributed by atoms with Crippen LogP contribution in [0, 0.1) is 5.82 Å². The largest absolute Gasteiger partial charge is 0.485 e. The minimum atomic E-state index is -2.76. The fourth-order valence-electron chi connectivity index (χ4n) is 2.30. The van der Waals surface area contributed by atoms with Crippen LogP contribution in [0.25, 0.3) is 0 Å². The Bertz CT molecular complexity index is 817. The van der Waals surface area contributed by atoms with Gasteiger partial charge in [-0.3, -0.25) is 0 Å². The van der Waals surface area contributed by atoms with Crippen LogP contribution in [0.1, 0.15) is 0 Å². The number of methoxy groups -OCH3 is 2. The van der Waals surface area contributed by atoms with Crippen molar-refractivity contribution in [2.24, 2.45) is 0 Å². The molecule has 0 saturated carbocycles. The van der Waals surface area contributed by atoms with E-state index in [0.717, 1.165) is 37.3 Å². The highest BCUT2D eigenvalue weighted by Gasteiger charge is 2.29. The highest BCUT2D eigenvalue weighted by atomic mass is 19.3. The summed E-state index contributed by atoms with van der Waals surface area (Å²) in [7, 11) is 2.22. The van der Waals surface area contributed by atoms with Crippen LogP contribution in [0.15, 0.2) is 53.9 Å². The summed E-state index contributed by atoms with van der Waals surface area (Å²) in [6, 6.07) is 3.15. The zero-order valence-electron chi connectivity index (χ0n) is 14.4. The second kappa shape index (κ2) is 8.93. The molecule has 1 aliphatic rings. The first-order valence-electron chi connectivity index (χ1n) is 7.64. The maximum absolute atomic E-state index is 13.8. The Morgan fingerprint density at radius 3 is 2.44 bits per heavy atom. The highest BCUT2D eigenvalue weighted by molar-refractivity contribution is 6.05. The van der Waals surface area contributed by atoms with Gasteiger partial charge in [0.25, 0.3) is 6.43 Å². The fraction of sp³-hybridized carbons (Fsp3) is 0.222. The number of carbonyl (C=O) groups is 2. The molecule has 0 saturated heterocycles. The lowest BCUT2D eigenvalue weighted by Crippen LogP contribution is -2.27. The van der Waals surface area contributed by atoms with Crippen LogP contribution < -0.4 is 9.64 Å². The van der Waals surface area contributed by atoms with E-state index in [9.17, 15) is 22.8 Å². The first-order valence-corrected chi connectivity index (χ1v) is 7.64. The van der Waals surface area contributed by atoms with Gasteiger partial charge in [-0.15, -0.1) is 0 Å². The molecule has 0 aliphatic carbocycles. The molecule has 0 fully saturated rings. The molecule has 2 rings (SSSR count). The molecule has 1 aromatic carbocycles. The van der Waals surface area contributed by atoms with Gasteiger partial charge in [-0.1, -0.05) is 6.08 Å². The number of hydrogen-bond donors (Lipinski definition) is 0. The number of rotatable bonds is 6. The number of allylic oxidation sites excluding steroid dienone is 2. The molecule has 0 N–H and O–H groups in total. The van der Waals surface area contributed by atoms with Crippen molar-refractivity contribution < 1.29 is 37.0 Å². The predicted molar refractivity (Wildman–Crippen MR) is 89.7 cm³/mol. The smallest absolute Gasteiger partial charge is 0.355 e. The summed E-state index contributed by atoms with van der Waals surface area (Å²) in [5.41, 5.74) is -0.530. The van der Waals surface area contributed by atoms with E-state index in [1.54, 1.807) is 0 Å². The second-order valence-corrected chi connectivity index (χ2v) is 5.13. The van der Waals surface area contributed by atoms with Gasteiger partial charge in [0, 0.05) is 12.3 Å². The van der Waals surface area contributed by atoms with Crippen LogP contribution in [0.3, 0.4) is 0 Å². The van der Waals surface area contributed by atoms with E-state index in [0.29, 0.717) is 0 Å². The van der Waals surface area contributed by atoms with Gasteiger partial charge in [-0.2, -0.15) is 0 Å². The van der Waals surface area contributed by atoms with E-state index in [1.165, 1.54) is 24.4 Å². The van der Waals surface area contributed by atoms with Crippen LogP contribution in [-0.4, -0.2) is 39.2 Å². The molecule has 1 aliphatic heterocycles. The van der Waals surface area contributed by atoms with Gasteiger partial charge in [0.05, 0.1) is 25.5 Å². The normalized spacial score (nSPS) is 13.6. The molecule has 0 bridgehead atoms. The first kappa shape index (κ1) is 20.1. The first-order chi connectivity index (χ1) is 12.9. The maximum Gasteiger partial charge on any atom is 0.355 e. The number of ether oxygens (including phenoxy) is 3. The number of carbonyl (C=O) groups excluding carboxylic acids is 2. The van der Waals surface area contributed by atoms with Crippen molar-refractivity contribution in [2.45, 2.75) is 6.43 Å². The molecular formula is C18H16F3NO5. The van der Waals surface area contributed by atoms with Gasteiger partial charge in [0.15, 0.2) is 0 Å². The fourth-order valence-corrected chi connectivity index (χ4v) is 2.30. The van der Waals surface area contributed by atoms with E-state index < -0.39 is 30.8 Å². The SMILES string of the molecule is COC(=O)C1=C(C(=O)OC)N(c2cc(F)ccc2OCC(F)F)C=CC=C1. The number of alkyl halides is 2. The Morgan fingerprint density at radius 1 is 1.11 bits per heavy atom. The van der Waals surface area contributed by atoms with Gasteiger partial charge in [0.1, 0.15) is 23.9 Å². The number of benzene rings is 1. The van der Waals surface area contributed by atoms with Crippen molar-refractivity contribution in [3.8, 4) is 5.75 Å². The Kier molecular flexibility index (Phi) is 6.64. The number of halogens is 3. The summed E-state index contributed by atoms with van der Waals surface area (Å²) in [4.78, 5) is 25.6. The van der Waals surface area contributed by atoms with Gasteiger partial charge < -0.3 is 19.1 Å². The molecule has 144 valence electrons. The summed E-state index contributed by atoms with van der Waals surface area (Å²) in [5, 5.41) is 0. The van der Waals surface area contributed by atoms with Crippen LogP contribution in [0.5, 0.6) is 5.75 Å². The Hall–Kier alpha value is -3.23. The minimum Gasteiger partial charge on any atom is -0.485 e. The Labute approximate surface area is 153 Å². The minimum absolute atomic E-state index is 0.0718.